The summed E-state index contributed by atoms with van der Waals surface area (Å²) in [4.78, 5) is 13.1. The molecule has 1 amide bonds. The van der Waals surface area contributed by atoms with Gasteiger partial charge in [-0.05, 0) is 71.4 Å². The Bertz CT molecular complexity index is 1380. The van der Waals surface area contributed by atoms with E-state index in [1.807, 2.05) is 18.2 Å². The molecule has 0 fully saturated rings. The highest BCUT2D eigenvalue weighted by Crippen LogP contribution is 2.35. The van der Waals surface area contributed by atoms with Crippen LogP contribution in [0.2, 0.25) is 0 Å². The van der Waals surface area contributed by atoms with Crippen molar-refractivity contribution in [3.63, 3.8) is 0 Å². The molecule has 9 heteroatoms. The average Bonchev–Trinajstić information content (AvgIpc) is 3.05. The van der Waals surface area contributed by atoms with Gasteiger partial charge in [-0.15, -0.1) is 0 Å². The van der Waals surface area contributed by atoms with Gasteiger partial charge in [-0.25, -0.2) is 8.42 Å². The molecule has 1 heterocycles. The number of fused-ring (bicyclic) bond motifs is 1. The number of furan rings is 1. The Kier molecular flexibility index (Phi) is 5.92. The van der Waals surface area contributed by atoms with E-state index in [-0.39, 0.29) is 10.8 Å². The molecule has 0 radical (unpaired) electrons. The van der Waals surface area contributed by atoms with E-state index in [2.05, 4.69) is 41.9 Å². The number of anilines is 2. The number of rotatable bonds is 5. The van der Waals surface area contributed by atoms with Crippen LogP contribution in [0.15, 0.2) is 85.0 Å². The molecule has 4 rings (SSSR count). The topological polar surface area (TPSA) is 88.4 Å². The highest BCUT2D eigenvalue weighted by atomic mass is 79.9. The lowest BCUT2D eigenvalue weighted by atomic mass is 10.1. The quantitative estimate of drug-likeness (QED) is 0.297. The largest absolute Gasteiger partial charge is 0.459 e. The number of aryl methyl sites for hydroxylation is 1. The maximum absolute atomic E-state index is 12.9. The van der Waals surface area contributed by atoms with Gasteiger partial charge in [-0.2, -0.15) is 0 Å². The second-order valence-corrected chi connectivity index (χ2v) is 10.2. The summed E-state index contributed by atoms with van der Waals surface area (Å²) in [7, 11) is -3.81. The molecule has 31 heavy (non-hydrogen) atoms. The van der Waals surface area contributed by atoms with Crippen LogP contribution in [0.5, 0.6) is 0 Å². The van der Waals surface area contributed by atoms with Gasteiger partial charge in [0.2, 0.25) is 0 Å². The number of hydrogen-bond donors (Lipinski definition) is 2. The van der Waals surface area contributed by atoms with Crippen molar-refractivity contribution in [2.75, 3.05) is 10.0 Å². The van der Waals surface area contributed by atoms with E-state index in [0.29, 0.717) is 38.1 Å². The molecule has 1 aromatic heterocycles. The minimum atomic E-state index is -3.81. The van der Waals surface area contributed by atoms with E-state index >= 15 is 0 Å². The van der Waals surface area contributed by atoms with Gasteiger partial charge >= 0.3 is 0 Å². The van der Waals surface area contributed by atoms with Crippen LogP contribution in [0.25, 0.3) is 11.0 Å². The van der Waals surface area contributed by atoms with Crippen molar-refractivity contribution in [1.29, 1.82) is 0 Å². The first-order valence-electron chi connectivity index (χ1n) is 9.12. The summed E-state index contributed by atoms with van der Waals surface area (Å²) in [5.41, 5.74) is 1.75. The summed E-state index contributed by atoms with van der Waals surface area (Å²) in [6.07, 6.45) is 0. The van der Waals surface area contributed by atoms with Gasteiger partial charge in [0, 0.05) is 15.5 Å². The molecule has 0 saturated heterocycles. The number of carbonyl (C=O) groups is 1. The molecule has 0 spiro atoms. The average molecular weight is 564 g/mol. The van der Waals surface area contributed by atoms with Crippen molar-refractivity contribution in [2.45, 2.75) is 11.8 Å². The van der Waals surface area contributed by atoms with Gasteiger partial charge in [0.05, 0.1) is 20.6 Å². The number of benzene rings is 3. The second-order valence-electron chi connectivity index (χ2n) is 6.75. The Balaban J connectivity index is 1.73. The Hall–Kier alpha value is -2.62. The number of hydrogen-bond acceptors (Lipinski definition) is 4. The zero-order valence-corrected chi connectivity index (χ0v) is 20.1. The monoisotopic (exact) mass is 562 g/mol. The highest BCUT2D eigenvalue weighted by molar-refractivity contribution is 9.11. The maximum atomic E-state index is 12.9. The van der Waals surface area contributed by atoms with Crippen LogP contribution in [0.4, 0.5) is 11.4 Å². The minimum Gasteiger partial charge on any atom is -0.459 e. The molecule has 2 N–H and O–H groups in total. The third kappa shape index (κ3) is 4.53. The summed E-state index contributed by atoms with van der Waals surface area (Å²) in [5.74, 6) is 0.0827. The molecule has 0 saturated carbocycles. The van der Waals surface area contributed by atoms with Crippen LogP contribution in [0, 0.1) is 6.92 Å². The molecule has 158 valence electrons. The molecule has 6 nitrogen and oxygen atoms in total. The molecule has 0 bridgehead atoms. The molecular formula is C22H16Br2N2O4S. The van der Waals surface area contributed by atoms with Crippen molar-refractivity contribution >= 4 is 70.1 Å². The molecule has 4 aromatic rings. The lowest BCUT2D eigenvalue weighted by Crippen LogP contribution is -2.14. The second kappa shape index (κ2) is 8.49. The van der Waals surface area contributed by atoms with Gasteiger partial charge in [0.1, 0.15) is 11.3 Å². The van der Waals surface area contributed by atoms with Crippen molar-refractivity contribution in [3.05, 3.63) is 87.0 Å². The SMILES string of the molecule is Cc1oc2c(Br)cc(NS(=O)(=O)c3ccc(Br)cc3)cc2c1C(=O)Nc1ccccc1. The standard InChI is InChI=1S/C22H16Br2N2O4S/c1-13-20(22(27)25-15-5-3-2-4-6-15)18-11-16(12-19(24)21(18)30-13)26-31(28,29)17-9-7-14(23)8-10-17/h2-12,26H,1H3,(H,25,27). The summed E-state index contributed by atoms with van der Waals surface area (Å²) in [5, 5.41) is 3.33. The number of amides is 1. The van der Waals surface area contributed by atoms with Crippen LogP contribution < -0.4 is 10.0 Å². The zero-order valence-electron chi connectivity index (χ0n) is 16.1. The third-order valence-corrected chi connectivity index (χ3v) is 7.07. The zero-order chi connectivity index (χ0) is 22.2. The fourth-order valence-electron chi connectivity index (χ4n) is 3.16. The summed E-state index contributed by atoms with van der Waals surface area (Å²) < 4.78 is 35.2. The first-order chi connectivity index (χ1) is 14.7. The number of carbonyl (C=O) groups excluding carboxylic acids is 1. The molecule has 3 aromatic carbocycles. The number of sulfonamides is 1. The fourth-order valence-corrected chi connectivity index (χ4v) is 5.01. The van der Waals surface area contributed by atoms with Gasteiger partial charge in [0.25, 0.3) is 15.9 Å². The Morgan fingerprint density at radius 1 is 0.935 bits per heavy atom. The number of halogens is 2. The molecule has 0 aliphatic carbocycles. The normalized spacial score (nSPS) is 11.5. The van der Waals surface area contributed by atoms with E-state index in [9.17, 15) is 13.2 Å². The Labute approximate surface area is 196 Å². The predicted octanol–water partition coefficient (Wildman–Crippen LogP) is 6.32. The highest BCUT2D eigenvalue weighted by Gasteiger charge is 2.22. The summed E-state index contributed by atoms with van der Waals surface area (Å²) in [6, 6.07) is 18.6. The number of nitrogens with one attached hydrogen (secondary N) is 2. The van der Waals surface area contributed by atoms with Gasteiger partial charge in [-0.1, -0.05) is 34.1 Å². The summed E-state index contributed by atoms with van der Waals surface area (Å²) in [6.45, 7) is 1.69. The van der Waals surface area contributed by atoms with Gasteiger partial charge in [0.15, 0.2) is 0 Å². The lowest BCUT2D eigenvalue weighted by Gasteiger charge is -2.10. The maximum Gasteiger partial charge on any atom is 0.261 e. The summed E-state index contributed by atoms with van der Waals surface area (Å²) >= 11 is 6.71. The van der Waals surface area contributed by atoms with Crippen molar-refractivity contribution in [1.82, 2.24) is 0 Å². The van der Waals surface area contributed by atoms with Crippen LogP contribution in [-0.4, -0.2) is 14.3 Å². The smallest absolute Gasteiger partial charge is 0.261 e. The third-order valence-electron chi connectivity index (χ3n) is 4.56. The van der Waals surface area contributed by atoms with Gasteiger partial charge in [-0.3, -0.25) is 9.52 Å². The van der Waals surface area contributed by atoms with E-state index in [0.717, 1.165) is 4.47 Å². The molecule has 0 unspecified atom stereocenters. The van der Waals surface area contributed by atoms with E-state index < -0.39 is 10.0 Å². The molecule has 0 aliphatic heterocycles. The first kappa shape index (κ1) is 21.6. The lowest BCUT2D eigenvalue weighted by molar-refractivity contribution is 0.102. The van der Waals surface area contributed by atoms with E-state index in [1.54, 1.807) is 43.3 Å². The van der Waals surface area contributed by atoms with E-state index in [1.165, 1.54) is 12.1 Å². The molecule has 0 atom stereocenters. The van der Waals surface area contributed by atoms with Crippen molar-refractivity contribution in [3.8, 4) is 0 Å². The van der Waals surface area contributed by atoms with Crippen LogP contribution >= 0.6 is 31.9 Å². The molecular weight excluding hydrogens is 548 g/mol. The van der Waals surface area contributed by atoms with Crippen LogP contribution in [-0.2, 0) is 10.0 Å². The van der Waals surface area contributed by atoms with Crippen molar-refractivity contribution in [2.24, 2.45) is 0 Å². The number of para-hydroxylation sites is 1. The van der Waals surface area contributed by atoms with Crippen molar-refractivity contribution < 1.29 is 17.6 Å². The minimum absolute atomic E-state index is 0.123. The van der Waals surface area contributed by atoms with Crippen LogP contribution in [0.3, 0.4) is 0 Å². The Morgan fingerprint density at radius 2 is 1.61 bits per heavy atom. The molecule has 0 aliphatic rings. The van der Waals surface area contributed by atoms with E-state index in [4.69, 9.17) is 4.42 Å². The van der Waals surface area contributed by atoms with Gasteiger partial charge < -0.3 is 9.73 Å². The fraction of sp³-hybridized carbons (Fsp3) is 0.0455. The Morgan fingerprint density at radius 3 is 2.29 bits per heavy atom. The predicted molar refractivity (Wildman–Crippen MR) is 128 cm³/mol. The van der Waals surface area contributed by atoms with Crippen LogP contribution in [0.1, 0.15) is 16.1 Å². The first-order valence-corrected chi connectivity index (χ1v) is 12.2.